The molecule has 1 aliphatic rings. The summed E-state index contributed by atoms with van der Waals surface area (Å²) in [5, 5.41) is 10.6. The largest absolute Gasteiger partial charge is 0.385 e. The fourth-order valence-corrected chi connectivity index (χ4v) is 2.71. The van der Waals surface area contributed by atoms with Crippen LogP contribution in [-0.4, -0.2) is 10.1 Å². The molecule has 1 heterocycles. The number of aliphatic hydroxyl groups is 1. The van der Waals surface area contributed by atoms with Crippen molar-refractivity contribution in [1.29, 1.82) is 0 Å². The molecule has 1 N–H and O–H groups in total. The molecule has 0 amide bonds. The molecule has 88 valence electrons. The molecule has 0 aromatic carbocycles. The number of hydrogen-bond donors (Lipinski definition) is 1. The molecule has 1 fully saturated rings. The second-order valence-electron chi connectivity index (χ2n) is 5.35. The van der Waals surface area contributed by atoms with Gasteiger partial charge in [0.05, 0.1) is 5.60 Å². The van der Waals surface area contributed by atoms with Crippen LogP contribution in [0.3, 0.4) is 0 Å². The van der Waals surface area contributed by atoms with Crippen molar-refractivity contribution in [2.75, 3.05) is 0 Å². The average Bonchev–Trinajstić information content (AvgIpc) is 2.31. The minimum atomic E-state index is -0.625. The summed E-state index contributed by atoms with van der Waals surface area (Å²) in [6.45, 7) is 4.55. The highest BCUT2D eigenvalue weighted by molar-refractivity contribution is 5.18. The zero-order valence-corrected chi connectivity index (χ0v) is 10.2. The Labute approximate surface area is 97.7 Å². The lowest BCUT2D eigenvalue weighted by Crippen LogP contribution is -2.32. The molecule has 1 saturated carbocycles. The van der Waals surface area contributed by atoms with Crippen LogP contribution in [-0.2, 0) is 5.60 Å². The molecular weight excluding hydrogens is 198 g/mol. The lowest BCUT2D eigenvalue weighted by molar-refractivity contribution is -0.0202. The Morgan fingerprint density at radius 3 is 2.56 bits per heavy atom. The molecule has 0 aliphatic heterocycles. The van der Waals surface area contributed by atoms with Crippen LogP contribution in [0.1, 0.15) is 45.1 Å². The minimum Gasteiger partial charge on any atom is -0.385 e. The molecule has 1 aromatic heterocycles. The van der Waals surface area contributed by atoms with Crippen molar-refractivity contribution < 1.29 is 5.11 Å². The summed E-state index contributed by atoms with van der Waals surface area (Å²) in [6, 6.07) is 3.89. The van der Waals surface area contributed by atoms with Gasteiger partial charge in [-0.05, 0) is 43.6 Å². The molecule has 16 heavy (non-hydrogen) atoms. The predicted molar refractivity (Wildman–Crippen MR) is 64.9 cm³/mol. The molecule has 0 spiro atoms. The molecule has 2 nitrogen and oxygen atoms in total. The van der Waals surface area contributed by atoms with E-state index in [-0.39, 0.29) is 0 Å². The highest BCUT2D eigenvalue weighted by Crippen LogP contribution is 2.41. The fourth-order valence-electron chi connectivity index (χ4n) is 2.71. The molecule has 2 rings (SSSR count). The Hall–Kier alpha value is -0.890. The highest BCUT2D eigenvalue weighted by atomic mass is 16.3. The Kier molecular flexibility index (Phi) is 3.29. The number of pyridine rings is 1. The Morgan fingerprint density at radius 2 is 2.06 bits per heavy atom. The zero-order valence-electron chi connectivity index (χ0n) is 10.2. The molecule has 0 bridgehead atoms. The maximum absolute atomic E-state index is 10.6. The van der Waals surface area contributed by atoms with Crippen LogP contribution in [0.5, 0.6) is 0 Å². The smallest absolute Gasteiger partial charge is 0.0911 e. The van der Waals surface area contributed by atoms with E-state index in [1.165, 1.54) is 0 Å². The van der Waals surface area contributed by atoms with E-state index in [1.54, 1.807) is 12.4 Å². The lowest BCUT2D eigenvalue weighted by atomic mass is 9.72. The lowest BCUT2D eigenvalue weighted by Gasteiger charge is -2.37. The molecule has 1 aliphatic carbocycles. The van der Waals surface area contributed by atoms with E-state index < -0.39 is 5.60 Å². The first-order chi connectivity index (χ1) is 7.62. The third kappa shape index (κ3) is 2.27. The van der Waals surface area contributed by atoms with Crippen LogP contribution < -0.4 is 0 Å². The second kappa shape index (κ2) is 4.54. The number of aromatic nitrogens is 1. The SMILES string of the molecule is CC(C)C1CCC(O)(c2cccnc2)CC1. The monoisotopic (exact) mass is 219 g/mol. The van der Waals surface area contributed by atoms with Crippen LogP contribution in [0, 0.1) is 11.8 Å². The molecule has 0 radical (unpaired) electrons. The van der Waals surface area contributed by atoms with Gasteiger partial charge in [-0.1, -0.05) is 19.9 Å². The molecule has 0 saturated heterocycles. The summed E-state index contributed by atoms with van der Waals surface area (Å²) in [5.74, 6) is 1.51. The van der Waals surface area contributed by atoms with Gasteiger partial charge in [0.2, 0.25) is 0 Å². The van der Waals surface area contributed by atoms with Crippen molar-refractivity contribution in [2.24, 2.45) is 11.8 Å². The molecule has 0 atom stereocenters. The maximum atomic E-state index is 10.6. The molecule has 1 aromatic rings. The van der Waals surface area contributed by atoms with Gasteiger partial charge >= 0.3 is 0 Å². The normalized spacial score (nSPS) is 30.6. The predicted octanol–water partition coefficient (Wildman–Crippen LogP) is 3.12. The van der Waals surface area contributed by atoms with E-state index in [0.29, 0.717) is 0 Å². The van der Waals surface area contributed by atoms with Crippen molar-refractivity contribution in [1.82, 2.24) is 4.98 Å². The number of rotatable bonds is 2. The number of nitrogens with zero attached hydrogens (tertiary/aromatic N) is 1. The van der Waals surface area contributed by atoms with Crippen molar-refractivity contribution in [3.8, 4) is 0 Å². The van der Waals surface area contributed by atoms with Gasteiger partial charge in [-0.2, -0.15) is 0 Å². The molecule has 0 unspecified atom stereocenters. The fraction of sp³-hybridized carbons (Fsp3) is 0.643. The first-order valence-corrected chi connectivity index (χ1v) is 6.25. The van der Waals surface area contributed by atoms with Crippen LogP contribution in [0.25, 0.3) is 0 Å². The average molecular weight is 219 g/mol. The van der Waals surface area contributed by atoms with Gasteiger partial charge in [-0.3, -0.25) is 4.98 Å². The third-order valence-electron chi connectivity index (χ3n) is 4.00. The van der Waals surface area contributed by atoms with Crippen LogP contribution in [0.2, 0.25) is 0 Å². The molecular formula is C14H21NO. The summed E-state index contributed by atoms with van der Waals surface area (Å²) in [4.78, 5) is 4.10. The quantitative estimate of drug-likeness (QED) is 0.829. The van der Waals surface area contributed by atoms with Crippen molar-refractivity contribution in [3.05, 3.63) is 30.1 Å². The summed E-state index contributed by atoms with van der Waals surface area (Å²) >= 11 is 0. The topological polar surface area (TPSA) is 33.1 Å². The van der Waals surface area contributed by atoms with Crippen molar-refractivity contribution >= 4 is 0 Å². The van der Waals surface area contributed by atoms with Gasteiger partial charge in [-0.25, -0.2) is 0 Å². The van der Waals surface area contributed by atoms with Crippen LogP contribution in [0.15, 0.2) is 24.5 Å². The van der Waals surface area contributed by atoms with Gasteiger partial charge in [0.15, 0.2) is 0 Å². The minimum absolute atomic E-state index is 0.625. The number of hydrogen-bond acceptors (Lipinski definition) is 2. The summed E-state index contributed by atoms with van der Waals surface area (Å²) in [6.07, 6.45) is 7.57. The third-order valence-corrected chi connectivity index (χ3v) is 4.00. The van der Waals surface area contributed by atoms with Gasteiger partial charge in [0.25, 0.3) is 0 Å². The van der Waals surface area contributed by atoms with E-state index >= 15 is 0 Å². The zero-order chi connectivity index (χ0) is 11.6. The van der Waals surface area contributed by atoms with Gasteiger partial charge in [-0.15, -0.1) is 0 Å². The van der Waals surface area contributed by atoms with Gasteiger partial charge < -0.3 is 5.11 Å². The Morgan fingerprint density at radius 1 is 1.38 bits per heavy atom. The van der Waals surface area contributed by atoms with Gasteiger partial charge in [0.1, 0.15) is 0 Å². The van der Waals surface area contributed by atoms with Crippen LogP contribution >= 0.6 is 0 Å². The van der Waals surface area contributed by atoms with E-state index in [9.17, 15) is 5.11 Å². The summed E-state index contributed by atoms with van der Waals surface area (Å²) in [5.41, 5.74) is 0.358. The standard InChI is InChI=1S/C14H21NO/c1-11(2)12-5-7-14(16,8-6-12)13-4-3-9-15-10-13/h3-4,9-12,16H,5-8H2,1-2H3. The van der Waals surface area contributed by atoms with Crippen molar-refractivity contribution in [3.63, 3.8) is 0 Å². The van der Waals surface area contributed by atoms with E-state index in [2.05, 4.69) is 18.8 Å². The van der Waals surface area contributed by atoms with E-state index in [1.807, 2.05) is 12.1 Å². The van der Waals surface area contributed by atoms with Crippen molar-refractivity contribution in [2.45, 2.75) is 45.1 Å². The highest BCUT2D eigenvalue weighted by Gasteiger charge is 2.35. The van der Waals surface area contributed by atoms with Crippen LogP contribution in [0.4, 0.5) is 0 Å². The van der Waals surface area contributed by atoms with E-state index in [0.717, 1.165) is 43.1 Å². The molecule has 2 heteroatoms. The van der Waals surface area contributed by atoms with E-state index in [4.69, 9.17) is 0 Å². The first kappa shape index (κ1) is 11.6. The Balaban J connectivity index is 2.07. The summed E-state index contributed by atoms with van der Waals surface area (Å²) in [7, 11) is 0. The second-order valence-corrected chi connectivity index (χ2v) is 5.35. The van der Waals surface area contributed by atoms with Gasteiger partial charge in [0, 0.05) is 18.0 Å². The summed E-state index contributed by atoms with van der Waals surface area (Å²) < 4.78 is 0. The Bertz CT molecular complexity index is 326. The first-order valence-electron chi connectivity index (χ1n) is 6.25. The maximum Gasteiger partial charge on any atom is 0.0911 e.